The molecule has 0 fully saturated rings. The first-order valence-electron chi connectivity index (χ1n) is 6.76. The number of aromatic carboxylic acids is 1. The Morgan fingerprint density at radius 3 is 2.30 bits per heavy atom. The van der Waals surface area contributed by atoms with Crippen molar-refractivity contribution >= 4 is 16.9 Å². The molecule has 1 aromatic carbocycles. The Bertz CT molecular complexity index is 726. The number of aromatic nitrogens is 1. The minimum absolute atomic E-state index is 0.0340. The van der Waals surface area contributed by atoms with Crippen molar-refractivity contribution in [2.75, 3.05) is 0 Å². The molecule has 0 aliphatic heterocycles. The summed E-state index contributed by atoms with van der Waals surface area (Å²) in [6.07, 6.45) is 0. The van der Waals surface area contributed by atoms with Crippen molar-refractivity contribution < 1.29 is 9.90 Å². The van der Waals surface area contributed by atoms with Crippen molar-refractivity contribution in [3.63, 3.8) is 0 Å². The highest BCUT2D eigenvalue weighted by molar-refractivity contribution is 5.96. The molecular formula is C16H19NO3. The van der Waals surface area contributed by atoms with Gasteiger partial charge in [0.2, 0.25) is 0 Å². The first kappa shape index (κ1) is 14.3. The largest absolute Gasteiger partial charge is 0.477 e. The van der Waals surface area contributed by atoms with Gasteiger partial charge in [0.25, 0.3) is 5.56 Å². The summed E-state index contributed by atoms with van der Waals surface area (Å²) in [5.41, 5.74) is 1.74. The quantitative estimate of drug-likeness (QED) is 0.899. The van der Waals surface area contributed by atoms with Crippen LogP contribution in [0, 0.1) is 0 Å². The van der Waals surface area contributed by atoms with Crippen LogP contribution in [0.2, 0.25) is 0 Å². The minimum atomic E-state index is -1.17. The Labute approximate surface area is 117 Å². The SMILES string of the molecule is CC(C)c1ccc2[nH]c(=O)c(C(=O)O)c(C(C)C)c2c1. The zero-order valence-corrected chi connectivity index (χ0v) is 12.2. The van der Waals surface area contributed by atoms with Crippen molar-refractivity contribution in [1.29, 1.82) is 0 Å². The number of pyridine rings is 1. The molecular weight excluding hydrogens is 254 g/mol. The second-order valence-corrected chi connectivity index (χ2v) is 5.66. The van der Waals surface area contributed by atoms with Gasteiger partial charge in [-0.1, -0.05) is 33.8 Å². The van der Waals surface area contributed by atoms with Gasteiger partial charge in [0.15, 0.2) is 0 Å². The molecule has 0 unspecified atom stereocenters. The van der Waals surface area contributed by atoms with Crippen LogP contribution in [0.25, 0.3) is 10.9 Å². The van der Waals surface area contributed by atoms with E-state index < -0.39 is 11.5 Å². The number of carbonyl (C=O) groups is 1. The molecule has 1 heterocycles. The number of rotatable bonds is 3. The second kappa shape index (κ2) is 5.12. The van der Waals surface area contributed by atoms with E-state index in [1.54, 1.807) is 0 Å². The van der Waals surface area contributed by atoms with Crippen molar-refractivity contribution in [3.8, 4) is 0 Å². The van der Waals surface area contributed by atoms with Crippen LogP contribution in [0.4, 0.5) is 0 Å². The second-order valence-electron chi connectivity index (χ2n) is 5.66. The number of fused-ring (bicyclic) bond motifs is 1. The highest BCUT2D eigenvalue weighted by Gasteiger charge is 2.21. The molecule has 0 radical (unpaired) electrons. The summed E-state index contributed by atoms with van der Waals surface area (Å²) in [4.78, 5) is 26.0. The average molecular weight is 273 g/mol. The lowest BCUT2D eigenvalue weighted by Crippen LogP contribution is -2.21. The summed E-state index contributed by atoms with van der Waals surface area (Å²) in [6, 6.07) is 5.80. The fraction of sp³-hybridized carbons (Fsp3) is 0.375. The predicted molar refractivity (Wildman–Crippen MR) is 79.7 cm³/mol. The predicted octanol–water partition coefficient (Wildman–Crippen LogP) is 3.47. The van der Waals surface area contributed by atoms with E-state index in [4.69, 9.17) is 0 Å². The van der Waals surface area contributed by atoms with Crippen molar-refractivity contribution in [1.82, 2.24) is 4.98 Å². The van der Waals surface area contributed by atoms with E-state index in [0.29, 0.717) is 17.0 Å². The number of aromatic amines is 1. The highest BCUT2D eigenvalue weighted by Crippen LogP contribution is 2.28. The number of hydrogen-bond acceptors (Lipinski definition) is 2. The number of nitrogens with one attached hydrogen (secondary N) is 1. The molecule has 2 rings (SSSR count). The van der Waals surface area contributed by atoms with E-state index in [-0.39, 0.29) is 11.5 Å². The van der Waals surface area contributed by atoms with E-state index in [1.807, 2.05) is 32.0 Å². The van der Waals surface area contributed by atoms with Gasteiger partial charge in [-0.15, -0.1) is 0 Å². The summed E-state index contributed by atoms with van der Waals surface area (Å²) in [5.74, 6) is -0.861. The number of carboxylic acids is 1. The van der Waals surface area contributed by atoms with Gasteiger partial charge in [-0.05, 0) is 35.1 Å². The van der Waals surface area contributed by atoms with Gasteiger partial charge in [-0.2, -0.15) is 0 Å². The molecule has 4 heteroatoms. The summed E-state index contributed by atoms with van der Waals surface area (Å²) < 4.78 is 0. The molecule has 1 aromatic heterocycles. The minimum Gasteiger partial charge on any atom is -0.477 e. The monoisotopic (exact) mass is 273 g/mol. The molecule has 20 heavy (non-hydrogen) atoms. The number of benzene rings is 1. The zero-order valence-electron chi connectivity index (χ0n) is 12.2. The average Bonchev–Trinajstić information content (AvgIpc) is 2.35. The Hall–Kier alpha value is -2.10. The van der Waals surface area contributed by atoms with Crippen LogP contribution in [0.5, 0.6) is 0 Å². The van der Waals surface area contributed by atoms with Gasteiger partial charge < -0.3 is 10.1 Å². The van der Waals surface area contributed by atoms with Gasteiger partial charge in [0.05, 0.1) is 0 Å². The third-order valence-corrected chi connectivity index (χ3v) is 3.54. The fourth-order valence-electron chi connectivity index (χ4n) is 2.51. The van der Waals surface area contributed by atoms with Gasteiger partial charge in [-0.3, -0.25) is 4.79 Å². The molecule has 0 spiro atoms. The molecule has 4 nitrogen and oxygen atoms in total. The standard InChI is InChI=1S/C16H19NO3/c1-8(2)10-5-6-12-11(7-10)13(9(3)4)14(16(19)20)15(18)17-12/h5-9H,1-4H3,(H,17,18)(H,19,20). The molecule has 2 aromatic rings. The molecule has 0 saturated heterocycles. The molecule has 0 aliphatic carbocycles. The molecule has 2 N–H and O–H groups in total. The van der Waals surface area contributed by atoms with Gasteiger partial charge in [0, 0.05) is 10.9 Å². The summed E-state index contributed by atoms with van der Waals surface area (Å²) in [7, 11) is 0. The maximum absolute atomic E-state index is 12.0. The lowest BCUT2D eigenvalue weighted by atomic mass is 9.91. The van der Waals surface area contributed by atoms with E-state index in [0.717, 1.165) is 10.9 Å². The third kappa shape index (κ3) is 2.33. The van der Waals surface area contributed by atoms with Crippen LogP contribution in [0.15, 0.2) is 23.0 Å². The highest BCUT2D eigenvalue weighted by atomic mass is 16.4. The van der Waals surface area contributed by atoms with E-state index >= 15 is 0 Å². The molecule has 0 atom stereocenters. The maximum Gasteiger partial charge on any atom is 0.341 e. The smallest absolute Gasteiger partial charge is 0.341 e. The van der Waals surface area contributed by atoms with Gasteiger partial charge >= 0.3 is 5.97 Å². The van der Waals surface area contributed by atoms with Crippen LogP contribution in [-0.2, 0) is 0 Å². The van der Waals surface area contributed by atoms with Crippen LogP contribution in [0.3, 0.4) is 0 Å². The molecule has 0 amide bonds. The molecule has 0 bridgehead atoms. The number of hydrogen-bond donors (Lipinski definition) is 2. The zero-order chi connectivity index (χ0) is 15.0. The topological polar surface area (TPSA) is 70.2 Å². The Morgan fingerprint density at radius 1 is 1.15 bits per heavy atom. The van der Waals surface area contributed by atoms with Crippen molar-refractivity contribution in [3.05, 3.63) is 45.2 Å². The number of H-pyrrole nitrogens is 1. The lowest BCUT2D eigenvalue weighted by molar-refractivity contribution is 0.0693. The third-order valence-electron chi connectivity index (χ3n) is 3.54. The lowest BCUT2D eigenvalue weighted by Gasteiger charge is -2.15. The van der Waals surface area contributed by atoms with Gasteiger partial charge in [0.1, 0.15) is 5.56 Å². The summed E-state index contributed by atoms with van der Waals surface area (Å²) in [6.45, 7) is 7.98. The number of carboxylic acid groups (broad SMARTS) is 1. The summed E-state index contributed by atoms with van der Waals surface area (Å²) in [5, 5.41) is 10.1. The first-order valence-corrected chi connectivity index (χ1v) is 6.76. The fourth-order valence-corrected chi connectivity index (χ4v) is 2.51. The molecule has 0 aliphatic rings. The Morgan fingerprint density at radius 2 is 1.80 bits per heavy atom. The first-order chi connectivity index (χ1) is 9.32. The van der Waals surface area contributed by atoms with Crippen LogP contribution >= 0.6 is 0 Å². The van der Waals surface area contributed by atoms with Crippen LogP contribution < -0.4 is 5.56 Å². The van der Waals surface area contributed by atoms with E-state index in [9.17, 15) is 14.7 Å². The normalized spacial score (nSPS) is 11.5. The van der Waals surface area contributed by atoms with Crippen LogP contribution in [0.1, 0.15) is 61.0 Å². The van der Waals surface area contributed by atoms with Crippen LogP contribution in [-0.4, -0.2) is 16.1 Å². The Balaban J connectivity index is 2.94. The van der Waals surface area contributed by atoms with E-state index in [2.05, 4.69) is 18.8 Å². The molecule has 106 valence electrons. The van der Waals surface area contributed by atoms with E-state index in [1.165, 1.54) is 0 Å². The Kier molecular flexibility index (Phi) is 3.66. The van der Waals surface area contributed by atoms with Crippen molar-refractivity contribution in [2.45, 2.75) is 39.5 Å². The maximum atomic E-state index is 12.0. The summed E-state index contributed by atoms with van der Waals surface area (Å²) >= 11 is 0. The van der Waals surface area contributed by atoms with Gasteiger partial charge in [-0.25, -0.2) is 4.79 Å². The van der Waals surface area contributed by atoms with Crippen molar-refractivity contribution in [2.24, 2.45) is 0 Å². The molecule has 0 saturated carbocycles.